The second-order valence-electron chi connectivity index (χ2n) is 5.57. The highest BCUT2D eigenvalue weighted by Crippen LogP contribution is 2.26. The number of ether oxygens (including phenoxy) is 2. The van der Waals surface area contributed by atoms with Crippen LogP contribution in [0.5, 0.6) is 17.2 Å². The molecule has 0 unspecified atom stereocenters. The van der Waals surface area contributed by atoms with Crippen molar-refractivity contribution in [3.05, 3.63) is 90.0 Å². The Morgan fingerprint density at radius 1 is 0.760 bits per heavy atom. The van der Waals surface area contributed by atoms with Gasteiger partial charge in [0.15, 0.2) is 0 Å². The summed E-state index contributed by atoms with van der Waals surface area (Å²) in [6.45, 7) is 0.485. The summed E-state index contributed by atoms with van der Waals surface area (Å²) in [7, 11) is 0. The van der Waals surface area contributed by atoms with E-state index in [2.05, 4.69) is 0 Å². The van der Waals surface area contributed by atoms with Gasteiger partial charge in [0, 0.05) is 6.07 Å². The average molecular weight is 334 g/mol. The van der Waals surface area contributed by atoms with Crippen LogP contribution in [-0.4, -0.2) is 11.1 Å². The topological polar surface area (TPSA) is 55.8 Å². The Labute approximate surface area is 146 Å². The van der Waals surface area contributed by atoms with Crippen LogP contribution < -0.4 is 9.47 Å². The van der Waals surface area contributed by atoms with E-state index < -0.39 is 5.97 Å². The molecule has 0 amide bonds. The Kier molecular flexibility index (Phi) is 5.32. The van der Waals surface area contributed by atoms with Crippen LogP contribution in [0.15, 0.2) is 78.9 Å². The summed E-state index contributed by atoms with van der Waals surface area (Å²) in [4.78, 5) is 10.8. The molecule has 0 heterocycles. The van der Waals surface area contributed by atoms with Gasteiger partial charge in [-0.05, 0) is 35.4 Å². The quantitative estimate of drug-likeness (QED) is 0.681. The fraction of sp³-hybridized carbons (Fsp3) is 0.0952. The van der Waals surface area contributed by atoms with Crippen LogP contribution >= 0.6 is 0 Å². The molecule has 126 valence electrons. The highest BCUT2D eigenvalue weighted by molar-refractivity contribution is 5.70. The molecule has 0 saturated carbocycles. The van der Waals surface area contributed by atoms with Crippen molar-refractivity contribution in [2.24, 2.45) is 0 Å². The Bertz CT molecular complexity index is 843. The normalized spacial score (nSPS) is 10.2. The zero-order valence-electron chi connectivity index (χ0n) is 13.6. The van der Waals surface area contributed by atoms with Crippen LogP contribution in [0, 0.1) is 0 Å². The Hall–Kier alpha value is -3.27. The lowest BCUT2D eigenvalue weighted by Crippen LogP contribution is -1.99. The van der Waals surface area contributed by atoms with E-state index in [1.165, 1.54) is 0 Å². The van der Waals surface area contributed by atoms with Gasteiger partial charge in [-0.3, -0.25) is 4.79 Å². The predicted molar refractivity (Wildman–Crippen MR) is 95.1 cm³/mol. The molecule has 0 saturated heterocycles. The lowest BCUT2D eigenvalue weighted by atomic mass is 10.1. The molecular weight excluding hydrogens is 316 g/mol. The number of rotatable bonds is 7. The number of aliphatic carboxylic acids is 1. The number of benzene rings is 3. The maximum atomic E-state index is 10.8. The molecule has 0 fully saturated rings. The zero-order valence-corrected chi connectivity index (χ0v) is 13.6. The van der Waals surface area contributed by atoms with E-state index in [9.17, 15) is 4.79 Å². The summed E-state index contributed by atoms with van der Waals surface area (Å²) >= 11 is 0. The van der Waals surface area contributed by atoms with Gasteiger partial charge >= 0.3 is 5.97 Å². The molecule has 1 N–H and O–H groups in total. The minimum absolute atomic E-state index is 0.0303. The van der Waals surface area contributed by atoms with Crippen LogP contribution in [0.25, 0.3) is 0 Å². The molecule has 25 heavy (non-hydrogen) atoms. The van der Waals surface area contributed by atoms with Gasteiger partial charge in [0.25, 0.3) is 0 Å². The van der Waals surface area contributed by atoms with Gasteiger partial charge in [-0.25, -0.2) is 0 Å². The lowest BCUT2D eigenvalue weighted by Gasteiger charge is -2.10. The number of hydrogen-bond acceptors (Lipinski definition) is 3. The van der Waals surface area contributed by atoms with Crippen molar-refractivity contribution in [2.75, 3.05) is 0 Å². The largest absolute Gasteiger partial charge is 0.489 e. The van der Waals surface area contributed by atoms with Crippen LogP contribution in [0.4, 0.5) is 0 Å². The Morgan fingerprint density at radius 3 is 2.16 bits per heavy atom. The van der Waals surface area contributed by atoms with Crippen molar-refractivity contribution >= 4 is 5.97 Å². The van der Waals surface area contributed by atoms with Crippen molar-refractivity contribution in [2.45, 2.75) is 13.0 Å². The van der Waals surface area contributed by atoms with Crippen molar-refractivity contribution in [3.63, 3.8) is 0 Å². The first-order chi connectivity index (χ1) is 12.2. The average Bonchev–Trinajstić information content (AvgIpc) is 2.61. The molecule has 0 aliphatic rings. The Balaban J connectivity index is 1.66. The molecule has 0 bridgehead atoms. The first-order valence-corrected chi connectivity index (χ1v) is 7.94. The van der Waals surface area contributed by atoms with Gasteiger partial charge < -0.3 is 14.6 Å². The van der Waals surface area contributed by atoms with Crippen molar-refractivity contribution < 1.29 is 19.4 Å². The maximum Gasteiger partial charge on any atom is 0.307 e. The molecule has 0 aliphatic heterocycles. The van der Waals surface area contributed by atoms with Gasteiger partial charge in [-0.2, -0.15) is 0 Å². The monoisotopic (exact) mass is 334 g/mol. The zero-order chi connectivity index (χ0) is 17.5. The van der Waals surface area contributed by atoms with Gasteiger partial charge in [-0.1, -0.05) is 48.5 Å². The first-order valence-electron chi connectivity index (χ1n) is 7.94. The predicted octanol–water partition coefficient (Wildman–Crippen LogP) is 4.69. The van der Waals surface area contributed by atoms with Crippen molar-refractivity contribution in [1.29, 1.82) is 0 Å². The smallest absolute Gasteiger partial charge is 0.307 e. The standard InChI is InChI=1S/C21H18O4/c22-21(23)13-17-8-4-10-19(12-17)25-20-11-5-9-18(14-20)24-15-16-6-2-1-3-7-16/h1-12,14H,13,15H2,(H,22,23). The first kappa shape index (κ1) is 16.6. The van der Waals surface area contributed by atoms with E-state index in [1.54, 1.807) is 24.3 Å². The highest BCUT2D eigenvalue weighted by Gasteiger charge is 2.04. The molecule has 0 radical (unpaired) electrons. The van der Waals surface area contributed by atoms with Crippen LogP contribution in [-0.2, 0) is 17.8 Å². The number of hydrogen-bond donors (Lipinski definition) is 1. The van der Waals surface area contributed by atoms with Crippen molar-refractivity contribution in [3.8, 4) is 17.2 Å². The summed E-state index contributed by atoms with van der Waals surface area (Å²) in [6.07, 6.45) is -0.0303. The van der Waals surface area contributed by atoms with E-state index >= 15 is 0 Å². The fourth-order valence-electron chi connectivity index (χ4n) is 2.40. The van der Waals surface area contributed by atoms with E-state index in [4.69, 9.17) is 14.6 Å². The second kappa shape index (κ2) is 8.02. The third-order valence-corrected chi connectivity index (χ3v) is 3.54. The third kappa shape index (κ3) is 5.11. The molecule has 4 nitrogen and oxygen atoms in total. The number of carboxylic acid groups (broad SMARTS) is 1. The van der Waals surface area contributed by atoms with Gasteiger partial charge in [0.2, 0.25) is 0 Å². The third-order valence-electron chi connectivity index (χ3n) is 3.54. The summed E-state index contributed by atoms with van der Waals surface area (Å²) in [6, 6.07) is 24.4. The molecule has 0 aliphatic carbocycles. The minimum Gasteiger partial charge on any atom is -0.489 e. The summed E-state index contributed by atoms with van der Waals surface area (Å²) in [5.74, 6) is 1.08. The van der Waals surface area contributed by atoms with E-state index in [1.807, 2.05) is 54.6 Å². The van der Waals surface area contributed by atoms with Gasteiger partial charge in [0.1, 0.15) is 23.9 Å². The van der Waals surface area contributed by atoms with Crippen molar-refractivity contribution in [1.82, 2.24) is 0 Å². The fourth-order valence-corrected chi connectivity index (χ4v) is 2.40. The summed E-state index contributed by atoms with van der Waals surface area (Å²) < 4.78 is 11.6. The van der Waals surface area contributed by atoms with Gasteiger partial charge in [0.05, 0.1) is 6.42 Å². The lowest BCUT2D eigenvalue weighted by molar-refractivity contribution is -0.136. The molecular formula is C21H18O4. The molecule has 0 aromatic heterocycles. The summed E-state index contributed by atoms with van der Waals surface area (Å²) in [5, 5.41) is 8.88. The Morgan fingerprint density at radius 2 is 1.40 bits per heavy atom. The number of carbonyl (C=O) groups is 1. The SMILES string of the molecule is O=C(O)Cc1cccc(Oc2cccc(OCc3ccccc3)c2)c1. The summed E-state index contributed by atoms with van der Waals surface area (Å²) in [5.41, 5.74) is 1.79. The van der Waals surface area contributed by atoms with Crippen LogP contribution in [0.3, 0.4) is 0 Å². The van der Waals surface area contributed by atoms with E-state index in [0.29, 0.717) is 29.4 Å². The molecule has 0 spiro atoms. The molecule has 4 heteroatoms. The molecule has 3 aromatic carbocycles. The molecule has 3 aromatic rings. The molecule has 3 rings (SSSR count). The van der Waals surface area contributed by atoms with Gasteiger partial charge in [-0.15, -0.1) is 0 Å². The van der Waals surface area contributed by atoms with Crippen LogP contribution in [0.1, 0.15) is 11.1 Å². The minimum atomic E-state index is -0.867. The second-order valence-corrected chi connectivity index (χ2v) is 5.57. The molecule has 0 atom stereocenters. The number of carboxylic acids is 1. The van der Waals surface area contributed by atoms with E-state index in [-0.39, 0.29) is 6.42 Å². The highest BCUT2D eigenvalue weighted by atomic mass is 16.5. The van der Waals surface area contributed by atoms with E-state index in [0.717, 1.165) is 5.56 Å². The van der Waals surface area contributed by atoms with Crippen LogP contribution in [0.2, 0.25) is 0 Å². The maximum absolute atomic E-state index is 10.8.